The van der Waals surface area contributed by atoms with E-state index in [0.717, 1.165) is 25.7 Å². The monoisotopic (exact) mass is 477 g/mol. The Morgan fingerprint density at radius 3 is 2.24 bits per heavy atom. The minimum Gasteiger partial charge on any atom is -0.340 e. The Morgan fingerprint density at radius 2 is 1.55 bits per heavy atom. The first kappa shape index (κ1) is 23.7. The molecule has 2 saturated heterocycles. The lowest BCUT2D eigenvalue weighted by Gasteiger charge is -2.36. The molecule has 0 radical (unpaired) electrons. The van der Waals surface area contributed by atoms with Crippen molar-refractivity contribution in [1.82, 2.24) is 18.8 Å². The number of para-hydroxylation sites is 1. The molecule has 0 bridgehead atoms. The van der Waals surface area contributed by atoms with Crippen LogP contribution in [-0.4, -0.2) is 85.0 Å². The summed E-state index contributed by atoms with van der Waals surface area (Å²) < 4.78 is 29.0. The van der Waals surface area contributed by atoms with Gasteiger partial charge >= 0.3 is 0 Å². The van der Waals surface area contributed by atoms with Crippen molar-refractivity contribution in [3.8, 4) is 0 Å². The van der Waals surface area contributed by atoms with Gasteiger partial charge in [-0.15, -0.1) is 0 Å². The molecule has 1 aromatic rings. The van der Waals surface area contributed by atoms with Gasteiger partial charge in [0.15, 0.2) is 0 Å². The minimum absolute atomic E-state index is 0.0909. The SMILES string of the molecule is O=C1N[C@@H](CCC(=O)N2CCN(S(=O)(=O)N3CCCCCC3)CC2)C(=O)Nc2ccccc21. The molecule has 1 atom stereocenters. The van der Waals surface area contributed by atoms with E-state index in [1.807, 2.05) is 0 Å². The van der Waals surface area contributed by atoms with Crippen LogP contribution in [0.1, 0.15) is 48.9 Å². The zero-order valence-electron chi connectivity index (χ0n) is 18.7. The third-order valence-electron chi connectivity index (χ3n) is 6.51. The highest BCUT2D eigenvalue weighted by Crippen LogP contribution is 2.21. The maximum Gasteiger partial charge on any atom is 0.282 e. The molecular weight excluding hydrogens is 446 g/mol. The molecule has 2 N–H and O–H groups in total. The van der Waals surface area contributed by atoms with Crippen molar-refractivity contribution >= 4 is 33.6 Å². The highest BCUT2D eigenvalue weighted by molar-refractivity contribution is 7.86. The number of nitrogens with zero attached hydrogens (tertiary/aromatic N) is 3. The predicted molar refractivity (Wildman–Crippen MR) is 123 cm³/mol. The van der Waals surface area contributed by atoms with Gasteiger partial charge in [0.1, 0.15) is 6.04 Å². The molecule has 3 aliphatic rings. The fourth-order valence-corrected chi connectivity index (χ4v) is 6.22. The molecule has 0 aliphatic carbocycles. The summed E-state index contributed by atoms with van der Waals surface area (Å²) in [6, 6.07) is 5.96. The Hall–Kier alpha value is -2.50. The van der Waals surface area contributed by atoms with Crippen molar-refractivity contribution in [2.75, 3.05) is 44.6 Å². The molecule has 3 amide bonds. The summed E-state index contributed by atoms with van der Waals surface area (Å²) in [7, 11) is -3.50. The van der Waals surface area contributed by atoms with Gasteiger partial charge < -0.3 is 15.5 Å². The Kier molecular flexibility index (Phi) is 7.30. The largest absolute Gasteiger partial charge is 0.340 e. The van der Waals surface area contributed by atoms with E-state index in [-0.39, 0.29) is 43.7 Å². The van der Waals surface area contributed by atoms with Gasteiger partial charge in [-0.05, 0) is 31.4 Å². The van der Waals surface area contributed by atoms with E-state index in [1.54, 1.807) is 33.5 Å². The second-order valence-corrected chi connectivity index (χ2v) is 10.6. The van der Waals surface area contributed by atoms with Crippen molar-refractivity contribution in [1.29, 1.82) is 0 Å². The second-order valence-electron chi connectivity index (χ2n) is 8.70. The average molecular weight is 478 g/mol. The number of rotatable bonds is 5. The van der Waals surface area contributed by atoms with Gasteiger partial charge in [-0.25, -0.2) is 0 Å². The van der Waals surface area contributed by atoms with Crippen LogP contribution in [0, 0.1) is 0 Å². The average Bonchev–Trinajstić information content (AvgIpc) is 3.17. The van der Waals surface area contributed by atoms with Crippen LogP contribution in [0.25, 0.3) is 0 Å². The van der Waals surface area contributed by atoms with Crippen LogP contribution in [0.15, 0.2) is 24.3 Å². The summed E-state index contributed by atoms with van der Waals surface area (Å²) in [5.41, 5.74) is 0.844. The van der Waals surface area contributed by atoms with E-state index in [0.29, 0.717) is 37.4 Å². The first-order valence-electron chi connectivity index (χ1n) is 11.6. The van der Waals surface area contributed by atoms with Crippen LogP contribution in [-0.2, 0) is 19.8 Å². The molecule has 0 saturated carbocycles. The maximum atomic E-state index is 13.0. The molecule has 33 heavy (non-hydrogen) atoms. The Labute approximate surface area is 194 Å². The number of fused-ring (bicyclic) bond motifs is 1. The number of hydrogen-bond donors (Lipinski definition) is 2. The number of amides is 3. The minimum atomic E-state index is -3.50. The van der Waals surface area contributed by atoms with Crippen LogP contribution in [0.5, 0.6) is 0 Å². The predicted octanol–water partition coefficient (Wildman–Crippen LogP) is 0.782. The maximum absolute atomic E-state index is 13.0. The summed E-state index contributed by atoms with van der Waals surface area (Å²) in [5.74, 6) is -0.853. The molecular formula is C22H31N5O5S. The quantitative estimate of drug-likeness (QED) is 0.650. The fraction of sp³-hybridized carbons (Fsp3) is 0.591. The Balaban J connectivity index is 1.28. The third-order valence-corrected chi connectivity index (χ3v) is 8.54. The van der Waals surface area contributed by atoms with Crippen molar-refractivity contribution in [3.05, 3.63) is 29.8 Å². The molecule has 3 heterocycles. The van der Waals surface area contributed by atoms with E-state index < -0.39 is 16.3 Å². The van der Waals surface area contributed by atoms with Gasteiger partial charge in [0, 0.05) is 45.7 Å². The van der Waals surface area contributed by atoms with Gasteiger partial charge in [0.2, 0.25) is 11.8 Å². The van der Waals surface area contributed by atoms with Crippen LogP contribution in [0.3, 0.4) is 0 Å². The molecule has 180 valence electrons. The summed E-state index contributed by atoms with van der Waals surface area (Å²) in [5, 5.41) is 5.44. The third kappa shape index (κ3) is 5.36. The zero-order chi connectivity index (χ0) is 23.4. The first-order valence-corrected chi connectivity index (χ1v) is 13.0. The number of piperazine rings is 1. The standard InChI is InChI=1S/C22H31N5O5S/c28-20(10-9-19-22(30)23-18-8-4-3-7-17(18)21(29)24-19)25-13-15-27(16-14-25)33(31,32)26-11-5-1-2-6-12-26/h3-4,7-8,19H,1-2,5-6,9-16H2,(H,23,30)(H,24,29)/t19-/m0/s1. The van der Waals surface area contributed by atoms with Gasteiger partial charge in [0.05, 0.1) is 11.3 Å². The number of carbonyl (C=O) groups excluding carboxylic acids is 3. The number of carbonyl (C=O) groups is 3. The summed E-state index contributed by atoms with van der Waals surface area (Å²) in [6.07, 6.45) is 4.14. The lowest BCUT2D eigenvalue weighted by Crippen LogP contribution is -2.54. The van der Waals surface area contributed by atoms with E-state index in [2.05, 4.69) is 10.6 Å². The molecule has 0 spiro atoms. The number of anilines is 1. The highest BCUT2D eigenvalue weighted by atomic mass is 32.2. The molecule has 1 aromatic carbocycles. The van der Waals surface area contributed by atoms with Crippen LogP contribution >= 0.6 is 0 Å². The van der Waals surface area contributed by atoms with Crippen LogP contribution < -0.4 is 10.6 Å². The molecule has 0 unspecified atom stereocenters. The van der Waals surface area contributed by atoms with Crippen molar-refractivity contribution < 1.29 is 22.8 Å². The zero-order valence-corrected chi connectivity index (χ0v) is 19.5. The Bertz CT molecular complexity index is 998. The van der Waals surface area contributed by atoms with Gasteiger partial charge in [0.25, 0.3) is 16.1 Å². The van der Waals surface area contributed by atoms with Gasteiger partial charge in [-0.1, -0.05) is 25.0 Å². The van der Waals surface area contributed by atoms with Crippen molar-refractivity contribution in [3.63, 3.8) is 0 Å². The van der Waals surface area contributed by atoms with Crippen molar-refractivity contribution in [2.45, 2.75) is 44.6 Å². The fourth-order valence-electron chi connectivity index (χ4n) is 4.54. The summed E-state index contributed by atoms with van der Waals surface area (Å²) in [4.78, 5) is 39.3. The molecule has 4 rings (SSSR count). The highest BCUT2D eigenvalue weighted by Gasteiger charge is 2.34. The lowest BCUT2D eigenvalue weighted by molar-refractivity contribution is -0.132. The van der Waals surface area contributed by atoms with Crippen LogP contribution in [0.2, 0.25) is 0 Å². The smallest absolute Gasteiger partial charge is 0.282 e. The summed E-state index contributed by atoms with van der Waals surface area (Å²) >= 11 is 0. The molecule has 10 nitrogen and oxygen atoms in total. The molecule has 3 aliphatic heterocycles. The van der Waals surface area contributed by atoms with Gasteiger partial charge in [-0.3, -0.25) is 14.4 Å². The second kappa shape index (κ2) is 10.2. The summed E-state index contributed by atoms with van der Waals surface area (Å²) in [6.45, 7) is 2.28. The lowest BCUT2D eigenvalue weighted by atomic mass is 10.1. The van der Waals surface area contributed by atoms with Crippen LogP contribution in [0.4, 0.5) is 5.69 Å². The number of nitrogens with one attached hydrogen (secondary N) is 2. The molecule has 0 aromatic heterocycles. The molecule has 2 fully saturated rings. The van der Waals surface area contributed by atoms with Gasteiger partial charge in [-0.2, -0.15) is 17.0 Å². The number of benzene rings is 1. The van der Waals surface area contributed by atoms with E-state index >= 15 is 0 Å². The Morgan fingerprint density at radius 1 is 0.909 bits per heavy atom. The molecule has 11 heteroatoms. The van der Waals surface area contributed by atoms with E-state index in [9.17, 15) is 22.8 Å². The van der Waals surface area contributed by atoms with E-state index in [1.165, 1.54) is 4.31 Å². The number of hydrogen-bond acceptors (Lipinski definition) is 5. The van der Waals surface area contributed by atoms with Crippen molar-refractivity contribution in [2.24, 2.45) is 0 Å². The van der Waals surface area contributed by atoms with E-state index in [4.69, 9.17) is 0 Å². The normalized spacial score (nSPS) is 23.2. The topological polar surface area (TPSA) is 119 Å². The first-order chi connectivity index (χ1) is 15.9.